The molecule has 6 nitrogen and oxygen atoms in total. The summed E-state index contributed by atoms with van der Waals surface area (Å²) < 4.78 is 5.19. The summed E-state index contributed by atoms with van der Waals surface area (Å²) in [6, 6.07) is 9.50. The highest BCUT2D eigenvalue weighted by atomic mass is 16.5. The number of methoxy groups -OCH3 is 1. The molecule has 0 saturated carbocycles. The third kappa shape index (κ3) is 4.45. The van der Waals surface area contributed by atoms with Crippen LogP contribution < -0.4 is 5.32 Å². The van der Waals surface area contributed by atoms with Crippen molar-refractivity contribution in [1.82, 2.24) is 10.2 Å². The first-order valence-electron chi connectivity index (χ1n) is 7.76. The van der Waals surface area contributed by atoms with Gasteiger partial charge in [-0.2, -0.15) is 0 Å². The van der Waals surface area contributed by atoms with E-state index in [4.69, 9.17) is 4.74 Å². The van der Waals surface area contributed by atoms with E-state index in [1.807, 2.05) is 30.3 Å². The first kappa shape index (κ1) is 17.3. The lowest BCUT2D eigenvalue weighted by atomic mass is 9.90. The highest BCUT2D eigenvalue weighted by Gasteiger charge is 2.42. The Bertz CT molecular complexity index is 549. The van der Waals surface area contributed by atoms with Crippen LogP contribution in [-0.4, -0.2) is 54.9 Å². The molecule has 2 N–H and O–H groups in total. The Hall–Kier alpha value is -2.08. The number of urea groups is 1. The van der Waals surface area contributed by atoms with Gasteiger partial charge < -0.3 is 20.1 Å². The van der Waals surface area contributed by atoms with E-state index in [0.29, 0.717) is 26.0 Å². The first-order chi connectivity index (χ1) is 10.9. The minimum absolute atomic E-state index is 0.147. The van der Waals surface area contributed by atoms with Gasteiger partial charge >= 0.3 is 12.0 Å². The van der Waals surface area contributed by atoms with Gasteiger partial charge in [0.15, 0.2) is 0 Å². The lowest BCUT2D eigenvalue weighted by Gasteiger charge is -2.24. The van der Waals surface area contributed by atoms with Crippen LogP contribution >= 0.6 is 0 Å². The molecule has 23 heavy (non-hydrogen) atoms. The molecule has 6 heteroatoms. The molecule has 126 valence electrons. The minimum Gasteiger partial charge on any atom is -0.481 e. The van der Waals surface area contributed by atoms with Crippen LogP contribution in [0.3, 0.4) is 0 Å². The van der Waals surface area contributed by atoms with Gasteiger partial charge in [-0.3, -0.25) is 4.79 Å². The summed E-state index contributed by atoms with van der Waals surface area (Å²) in [6.45, 7) is 2.78. The molecule has 2 amide bonds. The topological polar surface area (TPSA) is 78.9 Å². The number of carbonyl (C=O) groups is 2. The van der Waals surface area contributed by atoms with Crippen molar-refractivity contribution in [3.8, 4) is 0 Å². The van der Waals surface area contributed by atoms with Crippen molar-refractivity contribution < 1.29 is 19.4 Å². The summed E-state index contributed by atoms with van der Waals surface area (Å²) in [7, 11) is 1.60. The zero-order valence-corrected chi connectivity index (χ0v) is 13.6. The molecule has 0 aliphatic carbocycles. The molecule has 1 heterocycles. The maximum atomic E-state index is 12.4. The second-order valence-electron chi connectivity index (χ2n) is 6.33. The maximum absolute atomic E-state index is 12.4. The Balaban J connectivity index is 1.95. The van der Waals surface area contributed by atoms with E-state index in [1.165, 1.54) is 0 Å². The van der Waals surface area contributed by atoms with Gasteiger partial charge in [-0.25, -0.2) is 4.79 Å². The fraction of sp³-hybridized carbons (Fsp3) is 0.529. The number of nitrogens with zero attached hydrogens (tertiary/aromatic N) is 1. The van der Waals surface area contributed by atoms with Crippen molar-refractivity contribution in [2.75, 3.05) is 26.8 Å². The smallest absolute Gasteiger partial charge is 0.317 e. The molecule has 1 fully saturated rings. The molecule has 2 atom stereocenters. The average Bonchev–Trinajstić information content (AvgIpc) is 2.93. The third-order valence-electron chi connectivity index (χ3n) is 4.30. The number of carboxylic acids is 1. The van der Waals surface area contributed by atoms with Gasteiger partial charge in [-0.1, -0.05) is 30.3 Å². The van der Waals surface area contributed by atoms with Crippen molar-refractivity contribution in [2.24, 2.45) is 5.41 Å². The molecule has 1 aromatic carbocycles. The molecular weight excluding hydrogens is 296 g/mol. The predicted octanol–water partition coefficient (Wildman–Crippen LogP) is 1.75. The van der Waals surface area contributed by atoms with E-state index >= 15 is 0 Å². The largest absolute Gasteiger partial charge is 0.481 e. The molecule has 1 aliphatic rings. The zero-order chi connectivity index (χ0) is 16.9. The number of carboxylic acid groups (broad SMARTS) is 1. The van der Waals surface area contributed by atoms with E-state index in [9.17, 15) is 14.7 Å². The number of rotatable bonds is 6. The minimum atomic E-state index is -0.856. The molecule has 1 aromatic rings. The van der Waals surface area contributed by atoms with E-state index in [-0.39, 0.29) is 18.6 Å². The van der Waals surface area contributed by atoms with Crippen LogP contribution in [0.25, 0.3) is 0 Å². The second-order valence-corrected chi connectivity index (χ2v) is 6.33. The van der Waals surface area contributed by atoms with Crippen LogP contribution in [0.2, 0.25) is 0 Å². The maximum Gasteiger partial charge on any atom is 0.317 e. The summed E-state index contributed by atoms with van der Waals surface area (Å²) in [4.78, 5) is 25.2. The van der Waals surface area contributed by atoms with Crippen molar-refractivity contribution >= 4 is 12.0 Å². The molecule has 0 radical (unpaired) electrons. The Morgan fingerprint density at radius 1 is 1.39 bits per heavy atom. The monoisotopic (exact) mass is 320 g/mol. The molecule has 1 saturated heterocycles. The molecular formula is C17H24N2O4. The first-order valence-corrected chi connectivity index (χ1v) is 7.76. The quantitative estimate of drug-likeness (QED) is 0.837. The number of carbonyl (C=O) groups excluding carboxylic acids is 1. The fourth-order valence-electron chi connectivity index (χ4n) is 2.83. The number of ether oxygens (including phenoxy) is 1. The SMILES string of the molecule is COCC(Cc1ccccc1)NC(=O)N1CCC(C)(C(=O)O)C1. The highest BCUT2D eigenvalue weighted by molar-refractivity contribution is 5.79. The Labute approximate surface area is 136 Å². The molecule has 0 aromatic heterocycles. The van der Waals surface area contributed by atoms with Crippen molar-refractivity contribution in [3.63, 3.8) is 0 Å². The number of amides is 2. The van der Waals surface area contributed by atoms with Crippen LogP contribution in [0, 0.1) is 5.41 Å². The van der Waals surface area contributed by atoms with Gasteiger partial charge in [0, 0.05) is 20.2 Å². The summed E-state index contributed by atoms with van der Waals surface area (Å²) in [5.74, 6) is -0.856. The average molecular weight is 320 g/mol. The summed E-state index contributed by atoms with van der Waals surface area (Å²) in [6.07, 6.45) is 1.15. The second kappa shape index (κ2) is 7.46. The standard InChI is InChI=1S/C17H24N2O4/c1-17(15(20)21)8-9-19(12-17)16(22)18-14(11-23-2)10-13-6-4-3-5-7-13/h3-7,14H,8-12H2,1-2H3,(H,18,22)(H,20,21). The molecule has 0 bridgehead atoms. The number of aliphatic carboxylic acids is 1. The van der Waals surface area contributed by atoms with Gasteiger partial charge in [0.2, 0.25) is 0 Å². The highest BCUT2D eigenvalue weighted by Crippen LogP contribution is 2.30. The zero-order valence-electron chi connectivity index (χ0n) is 13.6. The Kier molecular flexibility index (Phi) is 5.60. The van der Waals surface area contributed by atoms with Crippen LogP contribution in [0.4, 0.5) is 4.79 Å². The third-order valence-corrected chi connectivity index (χ3v) is 4.30. The van der Waals surface area contributed by atoms with Crippen molar-refractivity contribution in [2.45, 2.75) is 25.8 Å². The Morgan fingerprint density at radius 2 is 2.09 bits per heavy atom. The summed E-state index contributed by atoms with van der Waals surface area (Å²) >= 11 is 0. The summed E-state index contributed by atoms with van der Waals surface area (Å²) in [5, 5.41) is 12.2. The Morgan fingerprint density at radius 3 is 2.65 bits per heavy atom. The number of hydrogen-bond acceptors (Lipinski definition) is 3. The number of hydrogen-bond donors (Lipinski definition) is 2. The van der Waals surface area contributed by atoms with Crippen LogP contribution in [0.1, 0.15) is 18.9 Å². The lowest BCUT2D eigenvalue weighted by Crippen LogP contribution is -2.47. The van der Waals surface area contributed by atoms with E-state index in [1.54, 1.807) is 18.9 Å². The van der Waals surface area contributed by atoms with E-state index < -0.39 is 11.4 Å². The number of benzene rings is 1. The normalized spacial score (nSPS) is 21.9. The van der Waals surface area contributed by atoms with Gasteiger partial charge in [0.05, 0.1) is 18.1 Å². The van der Waals surface area contributed by atoms with Gasteiger partial charge in [-0.05, 0) is 25.3 Å². The van der Waals surface area contributed by atoms with E-state index in [0.717, 1.165) is 5.56 Å². The summed E-state index contributed by atoms with van der Waals surface area (Å²) in [5.41, 5.74) is 0.264. The van der Waals surface area contributed by atoms with Gasteiger partial charge in [-0.15, -0.1) is 0 Å². The van der Waals surface area contributed by atoms with Gasteiger partial charge in [0.25, 0.3) is 0 Å². The number of likely N-dealkylation sites (tertiary alicyclic amines) is 1. The molecule has 0 spiro atoms. The lowest BCUT2D eigenvalue weighted by molar-refractivity contribution is -0.147. The molecule has 2 unspecified atom stereocenters. The molecule has 2 rings (SSSR count). The fourth-order valence-corrected chi connectivity index (χ4v) is 2.83. The van der Waals surface area contributed by atoms with Crippen LogP contribution in [-0.2, 0) is 16.0 Å². The van der Waals surface area contributed by atoms with Crippen molar-refractivity contribution in [3.05, 3.63) is 35.9 Å². The van der Waals surface area contributed by atoms with Crippen molar-refractivity contribution in [1.29, 1.82) is 0 Å². The van der Waals surface area contributed by atoms with E-state index in [2.05, 4.69) is 5.32 Å². The molecule has 1 aliphatic heterocycles. The van der Waals surface area contributed by atoms with Crippen LogP contribution in [0.15, 0.2) is 30.3 Å². The van der Waals surface area contributed by atoms with Gasteiger partial charge in [0.1, 0.15) is 0 Å². The van der Waals surface area contributed by atoms with Crippen LogP contribution in [0.5, 0.6) is 0 Å². The number of nitrogens with one attached hydrogen (secondary N) is 1. The predicted molar refractivity (Wildman–Crippen MR) is 86.3 cm³/mol.